The Labute approximate surface area is 186 Å². The third kappa shape index (κ3) is 5.00. The molecular weight excluding hydrogens is 406 g/mol. The standard InChI is InChI=1S/C26H25NO3S/c1-3-22(28)18-8-10-19(11-9-18)24-12-13-25(31-24)26(30)27-21-15-20(7-4-16(21)2)23(29)14-17-5-6-17/h4,7-13,15,17H,3,5-6,14H2,1-2H3,(H,27,30). The maximum absolute atomic E-state index is 12.8. The maximum Gasteiger partial charge on any atom is 0.265 e. The van der Waals surface area contributed by atoms with E-state index in [-0.39, 0.29) is 17.5 Å². The van der Waals surface area contributed by atoms with Crippen molar-refractivity contribution in [1.29, 1.82) is 0 Å². The minimum Gasteiger partial charge on any atom is -0.321 e. The van der Waals surface area contributed by atoms with Gasteiger partial charge in [0.1, 0.15) is 0 Å². The SMILES string of the molecule is CCC(=O)c1ccc(-c2ccc(C(=O)Nc3cc(C(=O)CC4CC4)ccc3C)s2)cc1. The number of rotatable bonds is 8. The number of carbonyl (C=O) groups is 3. The Hall–Kier alpha value is -3.05. The van der Waals surface area contributed by atoms with E-state index < -0.39 is 0 Å². The number of hydrogen-bond acceptors (Lipinski definition) is 4. The fourth-order valence-electron chi connectivity index (χ4n) is 3.46. The van der Waals surface area contributed by atoms with Crippen LogP contribution in [0.25, 0.3) is 10.4 Å². The first kappa shape index (κ1) is 21.2. The summed E-state index contributed by atoms with van der Waals surface area (Å²) in [4.78, 5) is 38.6. The van der Waals surface area contributed by atoms with Gasteiger partial charge in [-0.1, -0.05) is 43.3 Å². The zero-order chi connectivity index (χ0) is 22.0. The molecule has 158 valence electrons. The highest BCUT2D eigenvalue weighted by Crippen LogP contribution is 2.34. The van der Waals surface area contributed by atoms with Crippen molar-refractivity contribution >= 4 is 34.5 Å². The lowest BCUT2D eigenvalue weighted by molar-refractivity contribution is 0.0971. The third-order valence-electron chi connectivity index (χ3n) is 5.62. The number of thiophene rings is 1. The van der Waals surface area contributed by atoms with Gasteiger partial charge in [-0.2, -0.15) is 0 Å². The second-order valence-corrected chi connectivity index (χ2v) is 9.16. The summed E-state index contributed by atoms with van der Waals surface area (Å²) in [6.07, 6.45) is 3.35. The molecule has 1 aromatic heterocycles. The normalized spacial score (nSPS) is 13.1. The number of hydrogen-bond donors (Lipinski definition) is 1. The number of aryl methyl sites for hydroxylation is 1. The molecule has 2 aromatic carbocycles. The van der Waals surface area contributed by atoms with Gasteiger partial charge in [0.15, 0.2) is 11.6 Å². The second kappa shape index (κ2) is 8.98. The van der Waals surface area contributed by atoms with E-state index in [9.17, 15) is 14.4 Å². The van der Waals surface area contributed by atoms with Crippen LogP contribution >= 0.6 is 11.3 Å². The molecule has 1 saturated carbocycles. The molecule has 1 amide bonds. The van der Waals surface area contributed by atoms with E-state index in [4.69, 9.17) is 0 Å². The average Bonchev–Trinajstić information content (AvgIpc) is 3.45. The molecule has 4 rings (SSSR count). The molecule has 3 aromatic rings. The van der Waals surface area contributed by atoms with Crippen molar-refractivity contribution in [1.82, 2.24) is 0 Å². The van der Waals surface area contributed by atoms with E-state index in [1.807, 2.05) is 56.3 Å². The van der Waals surface area contributed by atoms with Crippen LogP contribution in [-0.4, -0.2) is 17.5 Å². The van der Waals surface area contributed by atoms with Crippen molar-refractivity contribution in [2.45, 2.75) is 39.5 Å². The van der Waals surface area contributed by atoms with Crippen molar-refractivity contribution < 1.29 is 14.4 Å². The molecule has 1 heterocycles. The molecule has 0 atom stereocenters. The summed E-state index contributed by atoms with van der Waals surface area (Å²) in [6.45, 7) is 3.77. The highest BCUT2D eigenvalue weighted by Gasteiger charge is 2.25. The predicted molar refractivity (Wildman–Crippen MR) is 125 cm³/mol. The molecule has 1 aliphatic rings. The van der Waals surface area contributed by atoms with Crippen molar-refractivity contribution in [3.8, 4) is 10.4 Å². The predicted octanol–water partition coefficient (Wildman–Crippen LogP) is 6.55. The first-order valence-electron chi connectivity index (χ1n) is 10.6. The summed E-state index contributed by atoms with van der Waals surface area (Å²) in [5, 5.41) is 2.96. The number of nitrogens with one attached hydrogen (secondary N) is 1. The zero-order valence-corrected chi connectivity index (χ0v) is 18.6. The van der Waals surface area contributed by atoms with Gasteiger partial charge in [-0.25, -0.2) is 0 Å². The van der Waals surface area contributed by atoms with Crippen molar-refractivity contribution in [2.24, 2.45) is 5.92 Å². The van der Waals surface area contributed by atoms with Crippen LogP contribution in [0.1, 0.15) is 68.6 Å². The number of benzene rings is 2. The Morgan fingerprint density at radius 3 is 2.32 bits per heavy atom. The second-order valence-electron chi connectivity index (χ2n) is 8.07. The van der Waals surface area contributed by atoms with Gasteiger partial charge >= 0.3 is 0 Å². The van der Waals surface area contributed by atoms with E-state index >= 15 is 0 Å². The Balaban J connectivity index is 1.48. The number of amides is 1. The van der Waals surface area contributed by atoms with Crippen molar-refractivity contribution in [3.63, 3.8) is 0 Å². The summed E-state index contributed by atoms with van der Waals surface area (Å²) in [6, 6.07) is 16.7. The molecule has 1 N–H and O–H groups in total. The van der Waals surface area contributed by atoms with Crippen molar-refractivity contribution in [3.05, 3.63) is 76.2 Å². The molecule has 0 aliphatic heterocycles. The highest BCUT2D eigenvalue weighted by molar-refractivity contribution is 7.17. The number of Topliss-reactive ketones (excluding diaryl/α,β-unsaturated/α-hetero) is 2. The molecule has 31 heavy (non-hydrogen) atoms. The van der Waals surface area contributed by atoms with Gasteiger partial charge in [0.05, 0.1) is 4.88 Å². The summed E-state index contributed by atoms with van der Waals surface area (Å²) in [7, 11) is 0. The number of ketones is 2. The Kier molecular flexibility index (Phi) is 6.14. The van der Waals surface area contributed by atoms with Crippen LogP contribution in [0.2, 0.25) is 0 Å². The summed E-state index contributed by atoms with van der Waals surface area (Å²) < 4.78 is 0. The molecule has 0 saturated heterocycles. The van der Waals surface area contributed by atoms with Crippen LogP contribution in [0.15, 0.2) is 54.6 Å². The van der Waals surface area contributed by atoms with Crippen LogP contribution in [-0.2, 0) is 0 Å². The zero-order valence-electron chi connectivity index (χ0n) is 17.7. The van der Waals surface area contributed by atoms with E-state index in [0.29, 0.717) is 40.5 Å². The molecule has 0 spiro atoms. The molecular formula is C26H25NO3S. The molecule has 1 fully saturated rings. The van der Waals surface area contributed by atoms with Gasteiger partial charge in [-0.05, 0) is 55.0 Å². The van der Waals surface area contributed by atoms with Gasteiger partial charge in [0, 0.05) is 34.5 Å². The number of anilines is 1. The third-order valence-corrected chi connectivity index (χ3v) is 6.75. The van der Waals surface area contributed by atoms with E-state index in [0.717, 1.165) is 28.8 Å². The first-order valence-corrected chi connectivity index (χ1v) is 11.4. The first-order chi connectivity index (χ1) is 14.9. The smallest absolute Gasteiger partial charge is 0.265 e. The fourth-order valence-corrected chi connectivity index (χ4v) is 4.36. The lowest BCUT2D eigenvalue weighted by atomic mass is 10.0. The van der Waals surface area contributed by atoms with Gasteiger partial charge in [-0.3, -0.25) is 14.4 Å². The topological polar surface area (TPSA) is 63.2 Å². The molecule has 0 bridgehead atoms. The Morgan fingerprint density at radius 1 is 0.935 bits per heavy atom. The minimum absolute atomic E-state index is 0.117. The Bertz CT molecular complexity index is 1140. The molecule has 5 heteroatoms. The van der Waals surface area contributed by atoms with Gasteiger partial charge in [0.2, 0.25) is 0 Å². The van der Waals surface area contributed by atoms with Crippen LogP contribution in [0.4, 0.5) is 5.69 Å². The van der Waals surface area contributed by atoms with Crippen LogP contribution in [0.3, 0.4) is 0 Å². The molecule has 0 radical (unpaired) electrons. The largest absolute Gasteiger partial charge is 0.321 e. The quantitative estimate of drug-likeness (QED) is 0.411. The van der Waals surface area contributed by atoms with Crippen LogP contribution < -0.4 is 5.32 Å². The highest BCUT2D eigenvalue weighted by atomic mass is 32.1. The summed E-state index contributed by atoms with van der Waals surface area (Å²) in [5.41, 5.74) is 3.92. The summed E-state index contributed by atoms with van der Waals surface area (Å²) >= 11 is 1.40. The molecule has 0 unspecified atom stereocenters. The van der Waals surface area contributed by atoms with Gasteiger partial charge < -0.3 is 5.32 Å². The number of carbonyl (C=O) groups excluding carboxylic acids is 3. The van der Waals surface area contributed by atoms with E-state index in [1.54, 1.807) is 12.1 Å². The van der Waals surface area contributed by atoms with E-state index in [1.165, 1.54) is 11.3 Å². The lowest BCUT2D eigenvalue weighted by Gasteiger charge is -2.10. The minimum atomic E-state index is -0.191. The van der Waals surface area contributed by atoms with Gasteiger partial charge in [0.25, 0.3) is 5.91 Å². The molecule has 1 aliphatic carbocycles. The van der Waals surface area contributed by atoms with Crippen molar-refractivity contribution in [2.75, 3.05) is 5.32 Å². The molecule has 4 nitrogen and oxygen atoms in total. The van der Waals surface area contributed by atoms with Crippen LogP contribution in [0, 0.1) is 12.8 Å². The fraction of sp³-hybridized carbons (Fsp3) is 0.269. The average molecular weight is 432 g/mol. The van der Waals surface area contributed by atoms with Crippen LogP contribution in [0.5, 0.6) is 0 Å². The maximum atomic E-state index is 12.8. The van der Waals surface area contributed by atoms with Gasteiger partial charge in [-0.15, -0.1) is 11.3 Å². The Morgan fingerprint density at radius 2 is 1.65 bits per heavy atom. The monoisotopic (exact) mass is 431 g/mol. The summed E-state index contributed by atoms with van der Waals surface area (Å²) in [5.74, 6) is 0.599. The lowest BCUT2D eigenvalue weighted by Crippen LogP contribution is -2.12. The van der Waals surface area contributed by atoms with E-state index in [2.05, 4.69) is 5.32 Å².